The van der Waals surface area contributed by atoms with Gasteiger partial charge in [-0.1, -0.05) is 44.2 Å². The predicted molar refractivity (Wildman–Crippen MR) is 115 cm³/mol. The normalized spacial score (nSPS) is 22.1. The van der Waals surface area contributed by atoms with Crippen molar-refractivity contribution in [3.8, 4) is 0 Å². The summed E-state index contributed by atoms with van der Waals surface area (Å²) >= 11 is 0. The van der Waals surface area contributed by atoms with Crippen molar-refractivity contribution in [2.24, 2.45) is 18.4 Å². The second-order valence-electron chi connectivity index (χ2n) is 9.48. The Morgan fingerprint density at radius 3 is 2.48 bits per heavy atom. The van der Waals surface area contributed by atoms with Gasteiger partial charge in [0, 0.05) is 37.9 Å². The van der Waals surface area contributed by atoms with Gasteiger partial charge in [0.15, 0.2) is 0 Å². The van der Waals surface area contributed by atoms with Crippen LogP contribution in [0.4, 0.5) is 0 Å². The van der Waals surface area contributed by atoms with Crippen LogP contribution in [0, 0.1) is 11.3 Å². The number of benzene rings is 1. The van der Waals surface area contributed by atoms with E-state index >= 15 is 0 Å². The van der Waals surface area contributed by atoms with E-state index in [1.807, 2.05) is 17.9 Å². The molecule has 29 heavy (non-hydrogen) atoms. The monoisotopic (exact) mass is 394 g/mol. The van der Waals surface area contributed by atoms with Crippen LogP contribution < -0.4 is 0 Å². The topological polar surface area (TPSA) is 41.4 Å². The van der Waals surface area contributed by atoms with Crippen LogP contribution in [0.25, 0.3) is 0 Å². The highest BCUT2D eigenvalue weighted by atomic mass is 16.2. The summed E-state index contributed by atoms with van der Waals surface area (Å²) in [6, 6.07) is 11.0. The van der Waals surface area contributed by atoms with Crippen LogP contribution in [0.2, 0.25) is 0 Å². The van der Waals surface area contributed by atoms with Crippen LogP contribution in [-0.4, -0.2) is 51.2 Å². The number of carbonyl (C=O) groups is 1. The lowest BCUT2D eigenvalue weighted by Gasteiger charge is -2.38. The number of aromatic nitrogens is 2. The van der Waals surface area contributed by atoms with E-state index in [1.165, 1.54) is 11.1 Å². The number of likely N-dealkylation sites (tertiary alicyclic amines) is 2. The molecule has 5 nitrogen and oxygen atoms in total. The van der Waals surface area contributed by atoms with Crippen LogP contribution in [0.3, 0.4) is 0 Å². The predicted octanol–water partition coefficient (Wildman–Crippen LogP) is 3.50. The third kappa shape index (κ3) is 4.40. The molecule has 3 heterocycles. The number of piperidine rings is 1. The summed E-state index contributed by atoms with van der Waals surface area (Å²) in [5.74, 6) is 0.909. The van der Waals surface area contributed by atoms with E-state index in [9.17, 15) is 4.79 Å². The molecule has 2 saturated heterocycles. The van der Waals surface area contributed by atoms with Crippen LogP contribution in [0.15, 0.2) is 42.7 Å². The van der Waals surface area contributed by atoms with Gasteiger partial charge in [-0.2, -0.15) is 5.10 Å². The van der Waals surface area contributed by atoms with Gasteiger partial charge < -0.3 is 4.90 Å². The first kappa shape index (κ1) is 20.1. The molecule has 0 saturated carbocycles. The number of hydrogen-bond donors (Lipinski definition) is 0. The summed E-state index contributed by atoms with van der Waals surface area (Å²) in [5, 5.41) is 4.28. The Kier molecular flexibility index (Phi) is 5.77. The van der Waals surface area contributed by atoms with E-state index in [-0.39, 0.29) is 5.41 Å². The van der Waals surface area contributed by atoms with Gasteiger partial charge in [-0.25, -0.2) is 0 Å². The zero-order chi connectivity index (χ0) is 20.4. The van der Waals surface area contributed by atoms with Gasteiger partial charge in [-0.15, -0.1) is 0 Å². The lowest BCUT2D eigenvalue weighted by Crippen LogP contribution is -2.45. The first-order chi connectivity index (χ1) is 13.9. The molecule has 2 aliphatic heterocycles. The van der Waals surface area contributed by atoms with Gasteiger partial charge in [0.2, 0.25) is 5.91 Å². The van der Waals surface area contributed by atoms with Crippen molar-refractivity contribution in [3.63, 3.8) is 0 Å². The third-order valence-electron chi connectivity index (χ3n) is 6.64. The summed E-state index contributed by atoms with van der Waals surface area (Å²) < 4.78 is 1.86. The molecule has 5 heteroatoms. The van der Waals surface area contributed by atoms with Crippen molar-refractivity contribution in [1.82, 2.24) is 19.6 Å². The first-order valence-electron chi connectivity index (χ1n) is 11.0. The first-order valence-corrected chi connectivity index (χ1v) is 11.0. The molecule has 0 bridgehead atoms. The molecule has 0 radical (unpaired) electrons. The number of amides is 1. The zero-order valence-electron chi connectivity index (χ0n) is 18.1. The van der Waals surface area contributed by atoms with E-state index in [1.54, 1.807) is 0 Å². The quantitative estimate of drug-likeness (QED) is 0.753. The Hall–Kier alpha value is -2.14. The van der Waals surface area contributed by atoms with Gasteiger partial charge in [0.05, 0.1) is 11.6 Å². The van der Waals surface area contributed by atoms with E-state index in [2.05, 4.69) is 65.3 Å². The third-order valence-corrected chi connectivity index (χ3v) is 6.64. The van der Waals surface area contributed by atoms with Gasteiger partial charge >= 0.3 is 0 Å². The average Bonchev–Trinajstić information content (AvgIpc) is 3.21. The maximum absolute atomic E-state index is 13.6. The number of nitrogens with zero attached hydrogens (tertiary/aromatic N) is 4. The van der Waals surface area contributed by atoms with Crippen molar-refractivity contribution < 1.29 is 4.79 Å². The molecule has 0 N–H and O–H groups in total. The average molecular weight is 395 g/mol. The number of hydrogen-bond acceptors (Lipinski definition) is 3. The van der Waals surface area contributed by atoms with Crippen molar-refractivity contribution in [2.75, 3.05) is 19.6 Å². The molecule has 2 fully saturated rings. The highest BCUT2D eigenvalue weighted by Gasteiger charge is 2.52. The molecule has 1 aromatic heterocycles. The second kappa shape index (κ2) is 8.31. The standard InChI is InChI=1S/C24H34N4O/c1-19(2)16-28-22(13-20-7-5-4-6-8-20)14-24(23(28)29)9-11-27(12-10-24)18-21-15-25-26(3)17-21/h4-8,15,17,19,22H,9-14,16,18H2,1-3H3. The molecule has 2 aromatic rings. The highest BCUT2D eigenvalue weighted by Crippen LogP contribution is 2.45. The van der Waals surface area contributed by atoms with Crippen LogP contribution >= 0.6 is 0 Å². The fourth-order valence-electron chi connectivity index (χ4n) is 5.18. The zero-order valence-corrected chi connectivity index (χ0v) is 18.1. The lowest BCUT2D eigenvalue weighted by molar-refractivity contribution is -0.139. The molecular formula is C24H34N4O. The number of rotatable bonds is 6. The molecule has 0 aliphatic carbocycles. The van der Waals surface area contributed by atoms with Crippen LogP contribution in [-0.2, 0) is 24.8 Å². The minimum Gasteiger partial charge on any atom is -0.339 e. The van der Waals surface area contributed by atoms with Crippen molar-refractivity contribution in [3.05, 3.63) is 53.9 Å². The Morgan fingerprint density at radius 2 is 1.86 bits per heavy atom. The molecule has 156 valence electrons. The Bertz CT molecular complexity index is 820. The van der Waals surface area contributed by atoms with E-state index in [4.69, 9.17) is 0 Å². The second-order valence-corrected chi connectivity index (χ2v) is 9.48. The van der Waals surface area contributed by atoms with E-state index in [0.717, 1.165) is 51.9 Å². The van der Waals surface area contributed by atoms with Gasteiger partial charge in [0.25, 0.3) is 0 Å². The van der Waals surface area contributed by atoms with Gasteiger partial charge in [-0.05, 0) is 50.3 Å². The molecule has 4 rings (SSSR count). The number of carbonyl (C=O) groups excluding carboxylic acids is 1. The lowest BCUT2D eigenvalue weighted by atomic mass is 9.75. The highest BCUT2D eigenvalue weighted by molar-refractivity contribution is 5.85. The fourth-order valence-corrected chi connectivity index (χ4v) is 5.18. The van der Waals surface area contributed by atoms with Gasteiger partial charge in [-0.3, -0.25) is 14.4 Å². The molecular weight excluding hydrogens is 360 g/mol. The molecule has 1 aromatic carbocycles. The van der Waals surface area contributed by atoms with Gasteiger partial charge in [0.1, 0.15) is 0 Å². The summed E-state index contributed by atoms with van der Waals surface area (Å²) in [5.41, 5.74) is 2.44. The van der Waals surface area contributed by atoms with Crippen molar-refractivity contribution in [2.45, 2.75) is 52.1 Å². The maximum atomic E-state index is 13.6. The van der Waals surface area contributed by atoms with Crippen molar-refractivity contribution >= 4 is 5.91 Å². The Balaban J connectivity index is 1.45. The molecule has 1 atom stereocenters. The largest absolute Gasteiger partial charge is 0.339 e. The van der Waals surface area contributed by atoms with E-state index in [0.29, 0.717) is 17.9 Å². The number of aryl methyl sites for hydroxylation is 1. The molecule has 1 spiro atoms. The van der Waals surface area contributed by atoms with E-state index < -0.39 is 0 Å². The van der Waals surface area contributed by atoms with Crippen LogP contribution in [0.1, 0.15) is 44.2 Å². The minimum atomic E-state index is -0.153. The molecule has 2 aliphatic rings. The summed E-state index contributed by atoms with van der Waals surface area (Å²) in [4.78, 5) is 18.3. The smallest absolute Gasteiger partial charge is 0.229 e. The SMILES string of the molecule is CC(C)CN1C(=O)C2(CCN(Cc3cnn(C)c3)CC2)CC1Cc1ccccc1. The Labute approximate surface area is 174 Å². The summed E-state index contributed by atoms with van der Waals surface area (Å²) in [6.07, 6.45) is 7.98. The van der Waals surface area contributed by atoms with Crippen molar-refractivity contribution in [1.29, 1.82) is 0 Å². The fraction of sp³-hybridized carbons (Fsp3) is 0.583. The minimum absolute atomic E-state index is 0.153. The summed E-state index contributed by atoms with van der Waals surface area (Å²) in [7, 11) is 1.96. The Morgan fingerprint density at radius 1 is 1.14 bits per heavy atom. The molecule has 1 unspecified atom stereocenters. The van der Waals surface area contributed by atoms with Crippen LogP contribution in [0.5, 0.6) is 0 Å². The maximum Gasteiger partial charge on any atom is 0.229 e. The summed E-state index contributed by atoms with van der Waals surface area (Å²) in [6.45, 7) is 8.23. The molecule has 1 amide bonds.